The van der Waals surface area contributed by atoms with E-state index in [1.54, 1.807) is 0 Å². The van der Waals surface area contributed by atoms with Crippen LogP contribution in [0, 0.1) is 5.82 Å². The minimum atomic E-state index is -1.18. The summed E-state index contributed by atoms with van der Waals surface area (Å²) in [4.78, 5) is 10.8. The Kier molecular flexibility index (Phi) is 3.57. The minimum Gasteiger partial charge on any atom is -0.489 e. The van der Waals surface area contributed by atoms with Crippen LogP contribution < -0.4 is 4.74 Å². The first-order chi connectivity index (χ1) is 8.65. The quantitative estimate of drug-likeness (QED) is 0.901. The van der Waals surface area contributed by atoms with Gasteiger partial charge in [0.1, 0.15) is 18.2 Å². The fraction of sp³-hybridized carbons (Fsp3) is 0.0714. The summed E-state index contributed by atoms with van der Waals surface area (Å²) >= 11 is 0. The molecule has 0 atom stereocenters. The highest BCUT2D eigenvalue weighted by Crippen LogP contribution is 2.18. The molecule has 0 aliphatic heterocycles. The van der Waals surface area contributed by atoms with Crippen molar-refractivity contribution in [3.05, 3.63) is 65.5 Å². The van der Waals surface area contributed by atoms with Gasteiger partial charge in [0.25, 0.3) is 0 Å². The summed E-state index contributed by atoms with van der Waals surface area (Å²) in [6.45, 7) is 0.267. The molecule has 2 aromatic rings. The molecule has 0 radical (unpaired) electrons. The number of hydrogen-bond donors (Lipinski definition) is 1. The van der Waals surface area contributed by atoms with Gasteiger partial charge in [-0.1, -0.05) is 30.3 Å². The predicted octanol–water partition coefficient (Wildman–Crippen LogP) is 3.10. The smallest absolute Gasteiger partial charge is 0.335 e. The normalized spacial score (nSPS) is 10.1. The third-order valence-corrected chi connectivity index (χ3v) is 2.37. The molecule has 0 saturated carbocycles. The molecule has 0 bridgehead atoms. The van der Waals surface area contributed by atoms with E-state index in [0.717, 1.165) is 17.7 Å². The van der Waals surface area contributed by atoms with E-state index in [-0.39, 0.29) is 17.9 Å². The van der Waals surface area contributed by atoms with Gasteiger partial charge in [-0.2, -0.15) is 0 Å². The summed E-state index contributed by atoms with van der Waals surface area (Å²) in [6, 6.07) is 12.8. The fourth-order valence-electron chi connectivity index (χ4n) is 1.51. The lowest BCUT2D eigenvalue weighted by Gasteiger charge is -2.07. The molecule has 0 saturated heterocycles. The van der Waals surface area contributed by atoms with Crippen LogP contribution in [0.2, 0.25) is 0 Å². The highest BCUT2D eigenvalue weighted by molar-refractivity contribution is 5.88. The Bertz CT molecular complexity index is 552. The number of carboxylic acid groups (broad SMARTS) is 1. The van der Waals surface area contributed by atoms with Crippen LogP contribution in [-0.4, -0.2) is 11.1 Å². The van der Waals surface area contributed by atoms with Crippen LogP contribution >= 0.6 is 0 Å². The molecule has 0 unspecified atom stereocenters. The molecule has 2 aromatic carbocycles. The van der Waals surface area contributed by atoms with Crippen molar-refractivity contribution in [2.45, 2.75) is 6.61 Å². The number of rotatable bonds is 4. The van der Waals surface area contributed by atoms with Gasteiger partial charge in [0.05, 0.1) is 5.56 Å². The fourth-order valence-corrected chi connectivity index (χ4v) is 1.51. The number of halogens is 1. The Morgan fingerprint density at radius 3 is 2.56 bits per heavy atom. The Hall–Kier alpha value is -2.36. The van der Waals surface area contributed by atoms with E-state index in [1.165, 1.54) is 6.07 Å². The molecule has 0 fully saturated rings. The third kappa shape index (κ3) is 3.07. The van der Waals surface area contributed by atoms with Gasteiger partial charge in [-0.05, 0) is 17.7 Å². The molecule has 1 N–H and O–H groups in total. The molecule has 0 aliphatic rings. The summed E-state index contributed by atoms with van der Waals surface area (Å²) in [6.07, 6.45) is 0. The maximum atomic E-state index is 13.2. The maximum Gasteiger partial charge on any atom is 0.335 e. The van der Waals surface area contributed by atoms with Crippen LogP contribution in [-0.2, 0) is 6.61 Å². The van der Waals surface area contributed by atoms with Crippen molar-refractivity contribution in [2.75, 3.05) is 0 Å². The lowest BCUT2D eigenvalue weighted by molar-refractivity contribution is 0.0695. The second-order valence-electron chi connectivity index (χ2n) is 3.76. The van der Waals surface area contributed by atoms with Crippen molar-refractivity contribution in [1.82, 2.24) is 0 Å². The van der Waals surface area contributed by atoms with Crippen molar-refractivity contribution in [1.29, 1.82) is 0 Å². The van der Waals surface area contributed by atoms with Crippen LogP contribution in [0.15, 0.2) is 48.5 Å². The van der Waals surface area contributed by atoms with E-state index in [4.69, 9.17) is 9.84 Å². The van der Waals surface area contributed by atoms with Gasteiger partial charge < -0.3 is 9.84 Å². The average Bonchev–Trinajstić information content (AvgIpc) is 2.37. The Balaban J connectivity index is 2.12. The zero-order valence-electron chi connectivity index (χ0n) is 9.47. The summed E-state index contributed by atoms with van der Waals surface area (Å²) in [7, 11) is 0. The van der Waals surface area contributed by atoms with Crippen molar-refractivity contribution < 1.29 is 19.0 Å². The summed E-state index contributed by atoms with van der Waals surface area (Å²) in [5.74, 6) is -1.60. The monoisotopic (exact) mass is 246 g/mol. The topological polar surface area (TPSA) is 46.5 Å². The van der Waals surface area contributed by atoms with Gasteiger partial charge in [-0.3, -0.25) is 0 Å². The first kappa shape index (κ1) is 12.1. The van der Waals surface area contributed by atoms with Crippen molar-refractivity contribution in [3.63, 3.8) is 0 Å². The van der Waals surface area contributed by atoms with E-state index in [1.807, 2.05) is 30.3 Å². The Morgan fingerprint density at radius 2 is 1.89 bits per heavy atom. The Morgan fingerprint density at radius 1 is 1.17 bits per heavy atom. The first-order valence-electron chi connectivity index (χ1n) is 5.36. The van der Waals surface area contributed by atoms with Crippen LogP contribution in [0.4, 0.5) is 4.39 Å². The Labute approximate surface area is 103 Å². The van der Waals surface area contributed by atoms with Crippen LogP contribution in [0.25, 0.3) is 0 Å². The van der Waals surface area contributed by atoms with Crippen LogP contribution in [0.3, 0.4) is 0 Å². The largest absolute Gasteiger partial charge is 0.489 e. The summed E-state index contributed by atoms with van der Waals surface area (Å²) in [5, 5.41) is 8.80. The highest BCUT2D eigenvalue weighted by atomic mass is 19.1. The molecule has 18 heavy (non-hydrogen) atoms. The van der Waals surface area contributed by atoms with E-state index >= 15 is 0 Å². The highest BCUT2D eigenvalue weighted by Gasteiger charge is 2.07. The van der Waals surface area contributed by atoms with Gasteiger partial charge in [0, 0.05) is 6.07 Å². The van der Waals surface area contributed by atoms with Crippen molar-refractivity contribution in [2.24, 2.45) is 0 Å². The van der Waals surface area contributed by atoms with Gasteiger partial charge in [0.15, 0.2) is 0 Å². The standard InChI is InChI=1S/C14H11FO3/c15-12-6-11(14(16)17)7-13(8-12)18-9-10-4-2-1-3-5-10/h1-8H,9H2,(H,16,17). The zero-order valence-corrected chi connectivity index (χ0v) is 9.47. The lowest BCUT2D eigenvalue weighted by Crippen LogP contribution is -2.00. The molecule has 0 aliphatic carbocycles. The van der Waals surface area contributed by atoms with Gasteiger partial charge >= 0.3 is 5.97 Å². The van der Waals surface area contributed by atoms with Gasteiger partial charge in [-0.15, -0.1) is 0 Å². The van der Waals surface area contributed by atoms with E-state index < -0.39 is 11.8 Å². The SMILES string of the molecule is O=C(O)c1cc(F)cc(OCc2ccccc2)c1. The number of carboxylic acids is 1. The third-order valence-electron chi connectivity index (χ3n) is 2.37. The first-order valence-corrected chi connectivity index (χ1v) is 5.36. The molecular formula is C14H11FO3. The molecule has 0 heterocycles. The van der Waals surface area contributed by atoms with Crippen LogP contribution in [0.1, 0.15) is 15.9 Å². The average molecular weight is 246 g/mol. The number of ether oxygens (including phenoxy) is 1. The van der Waals surface area contributed by atoms with Crippen molar-refractivity contribution in [3.8, 4) is 5.75 Å². The van der Waals surface area contributed by atoms with E-state index in [9.17, 15) is 9.18 Å². The molecule has 92 valence electrons. The molecule has 2 rings (SSSR count). The molecule has 0 amide bonds. The second-order valence-corrected chi connectivity index (χ2v) is 3.76. The number of benzene rings is 2. The summed E-state index contributed by atoms with van der Waals surface area (Å²) < 4.78 is 18.5. The molecule has 3 nitrogen and oxygen atoms in total. The van der Waals surface area contributed by atoms with Gasteiger partial charge in [0.2, 0.25) is 0 Å². The second kappa shape index (κ2) is 5.31. The van der Waals surface area contributed by atoms with E-state index in [0.29, 0.717) is 0 Å². The van der Waals surface area contributed by atoms with E-state index in [2.05, 4.69) is 0 Å². The molecule has 4 heteroatoms. The number of aromatic carboxylic acids is 1. The number of carbonyl (C=O) groups is 1. The predicted molar refractivity (Wildman–Crippen MR) is 64.1 cm³/mol. The van der Waals surface area contributed by atoms with Crippen molar-refractivity contribution >= 4 is 5.97 Å². The molecular weight excluding hydrogens is 235 g/mol. The van der Waals surface area contributed by atoms with Gasteiger partial charge in [-0.25, -0.2) is 9.18 Å². The summed E-state index contributed by atoms with van der Waals surface area (Å²) in [5.41, 5.74) is 0.802. The molecule has 0 aromatic heterocycles. The van der Waals surface area contributed by atoms with Crippen LogP contribution in [0.5, 0.6) is 5.75 Å². The lowest BCUT2D eigenvalue weighted by atomic mass is 10.2. The zero-order chi connectivity index (χ0) is 13.0. The number of hydrogen-bond acceptors (Lipinski definition) is 2. The molecule has 0 spiro atoms. The maximum absolute atomic E-state index is 13.2. The minimum absolute atomic E-state index is 0.127.